The van der Waals surface area contributed by atoms with Crippen LogP contribution in [0.15, 0.2) is 0 Å². The van der Waals surface area contributed by atoms with Crippen molar-refractivity contribution >= 4 is 0 Å². The van der Waals surface area contributed by atoms with Gasteiger partial charge >= 0.3 is 0 Å². The van der Waals surface area contributed by atoms with Crippen molar-refractivity contribution in [2.75, 3.05) is 0 Å². The second-order valence-electron chi connectivity index (χ2n) is 3.67. The molecule has 0 aliphatic rings. The van der Waals surface area contributed by atoms with E-state index in [0.717, 1.165) is 25.9 Å². The zero-order chi connectivity index (χ0) is 11.6. The second-order valence-corrected chi connectivity index (χ2v) is 3.67. The van der Waals surface area contributed by atoms with Gasteiger partial charge in [-0.05, 0) is 20.3 Å². The van der Waals surface area contributed by atoms with E-state index in [4.69, 9.17) is 10.2 Å². The molecule has 0 radical (unpaired) electrons. The van der Waals surface area contributed by atoms with Crippen LogP contribution in [0, 0.1) is 12.5 Å². The average molecular weight is 253 g/mol. The van der Waals surface area contributed by atoms with E-state index >= 15 is 0 Å². The average Bonchev–Trinajstić information content (AvgIpc) is 2.06. The summed E-state index contributed by atoms with van der Waals surface area (Å²) in [6.45, 7) is 8.52. The van der Waals surface area contributed by atoms with Crippen LogP contribution in [-0.2, 0) is 21.7 Å². The molecule has 0 saturated carbocycles. The van der Waals surface area contributed by atoms with Gasteiger partial charge in [0, 0.05) is 33.9 Å². The smallest absolute Gasteiger partial charge is 0.0483 e. The third-order valence-electron chi connectivity index (χ3n) is 1.74. The first-order valence-corrected chi connectivity index (χ1v) is 5.33. The summed E-state index contributed by atoms with van der Waals surface area (Å²) in [6.07, 6.45) is 2.01. The molecule has 0 aromatic heterocycles. The molecule has 0 aliphatic carbocycles. The normalized spacial score (nSPS) is 13.6. The van der Waals surface area contributed by atoms with Crippen LogP contribution in [0.25, 0.3) is 0 Å². The van der Waals surface area contributed by atoms with Gasteiger partial charge < -0.3 is 15.3 Å². The third kappa shape index (κ3) is 17.2. The molecule has 0 bridgehead atoms. The summed E-state index contributed by atoms with van der Waals surface area (Å²) >= 11 is 0. The molecule has 3 N–H and O–H groups in total. The molecule has 0 saturated heterocycles. The number of hydrogen-bond donors (Lipinski definition) is 3. The van der Waals surface area contributed by atoms with E-state index in [1.807, 2.05) is 13.8 Å². The van der Waals surface area contributed by atoms with Gasteiger partial charge in [-0.2, -0.15) is 0 Å². The molecule has 0 amide bonds. The zero-order valence-electron chi connectivity index (χ0n) is 10.3. The maximum Gasteiger partial charge on any atom is 0.0483 e. The third-order valence-corrected chi connectivity index (χ3v) is 1.74. The molecule has 2 unspecified atom stereocenters. The molecule has 15 heavy (non-hydrogen) atoms. The quantitative estimate of drug-likeness (QED) is 0.519. The molecule has 0 spiro atoms. The van der Waals surface area contributed by atoms with Crippen LogP contribution in [0.4, 0.5) is 0 Å². The maximum atomic E-state index is 9.32. The predicted molar refractivity (Wildman–Crippen MR) is 58.3 cm³/mol. The summed E-state index contributed by atoms with van der Waals surface area (Å²) in [7, 11) is 0. The molecule has 4 heteroatoms. The molecule has 0 fully saturated rings. The Morgan fingerprint density at radius 3 is 1.73 bits per heavy atom. The van der Waals surface area contributed by atoms with Gasteiger partial charge in [0.1, 0.15) is 0 Å². The molecular formula is C11H25O3Ti-. The molecule has 0 rings (SSSR count). The van der Waals surface area contributed by atoms with E-state index in [0.29, 0.717) is 0 Å². The van der Waals surface area contributed by atoms with E-state index in [2.05, 4.69) is 0 Å². The van der Waals surface area contributed by atoms with Gasteiger partial charge in [0.2, 0.25) is 0 Å². The fraction of sp³-hybridized carbons (Fsp3) is 0.909. The van der Waals surface area contributed by atoms with Crippen molar-refractivity contribution in [1.29, 1.82) is 0 Å². The molecule has 2 atom stereocenters. The van der Waals surface area contributed by atoms with Crippen LogP contribution in [0.1, 0.15) is 47.0 Å². The fourth-order valence-electron chi connectivity index (χ4n) is 0.987. The van der Waals surface area contributed by atoms with Crippen molar-refractivity contribution in [2.24, 2.45) is 5.92 Å². The van der Waals surface area contributed by atoms with Crippen molar-refractivity contribution in [3.63, 3.8) is 0 Å². The van der Waals surface area contributed by atoms with Gasteiger partial charge in [-0.15, -0.1) is 5.92 Å². The minimum Gasteiger partial charge on any atom is -0.566 e. The molecule has 92 valence electrons. The Balaban J connectivity index is -0.000000249. The van der Waals surface area contributed by atoms with Gasteiger partial charge in [-0.3, -0.25) is 0 Å². The topological polar surface area (TPSA) is 60.7 Å². The van der Waals surface area contributed by atoms with Crippen LogP contribution in [-0.4, -0.2) is 27.5 Å². The van der Waals surface area contributed by atoms with Crippen LogP contribution in [0.2, 0.25) is 0 Å². The molecule has 0 aromatic carbocycles. The summed E-state index contributed by atoms with van der Waals surface area (Å²) in [6, 6.07) is 0. The Bertz CT molecular complexity index is 103. The summed E-state index contributed by atoms with van der Waals surface area (Å²) < 4.78 is 0. The van der Waals surface area contributed by atoms with E-state index in [1.165, 1.54) is 0 Å². The Morgan fingerprint density at radius 2 is 1.53 bits per heavy atom. The second kappa shape index (κ2) is 14.6. The van der Waals surface area contributed by atoms with Crippen molar-refractivity contribution in [1.82, 2.24) is 0 Å². The maximum absolute atomic E-state index is 9.32. The fourth-order valence-corrected chi connectivity index (χ4v) is 0.987. The molecule has 0 heterocycles. The van der Waals surface area contributed by atoms with Crippen molar-refractivity contribution in [3.8, 4) is 0 Å². The molecule has 3 nitrogen and oxygen atoms in total. The number of rotatable bonds is 5. The molecular weight excluding hydrogens is 228 g/mol. The van der Waals surface area contributed by atoms with Gasteiger partial charge in [0.15, 0.2) is 0 Å². The minimum absolute atomic E-state index is 0. The predicted octanol–water partition coefficient (Wildman–Crippen LogP) is 2.09. The van der Waals surface area contributed by atoms with Gasteiger partial charge in [0.25, 0.3) is 0 Å². The Kier molecular flexibility index (Phi) is 20.4. The van der Waals surface area contributed by atoms with Crippen molar-refractivity contribution in [3.05, 3.63) is 6.61 Å². The Morgan fingerprint density at radius 1 is 1.13 bits per heavy atom. The summed E-state index contributed by atoms with van der Waals surface area (Å²) in [5, 5.41) is 26.0. The Hall–Kier alpha value is 0.594. The number of aliphatic hydroxyl groups excluding tert-OH is 3. The first-order valence-electron chi connectivity index (χ1n) is 5.33. The molecule has 0 aromatic rings. The number of hydrogen-bond acceptors (Lipinski definition) is 3. The summed E-state index contributed by atoms with van der Waals surface area (Å²) in [5.74, 6) is -0.0417. The van der Waals surface area contributed by atoms with Crippen LogP contribution < -0.4 is 0 Å². The van der Waals surface area contributed by atoms with Gasteiger partial charge in [-0.25, -0.2) is 6.61 Å². The first kappa shape index (κ1) is 20.9. The SMILES string of the molecule is CC(C)O.CCCC(O)C([CH-]O)CC.[Ti]. The molecule has 0 aliphatic heterocycles. The largest absolute Gasteiger partial charge is 0.566 e. The first-order chi connectivity index (χ1) is 6.49. The van der Waals surface area contributed by atoms with Gasteiger partial charge in [-0.1, -0.05) is 26.7 Å². The van der Waals surface area contributed by atoms with E-state index in [-0.39, 0.29) is 39.8 Å². The van der Waals surface area contributed by atoms with Crippen LogP contribution in [0.5, 0.6) is 0 Å². The van der Waals surface area contributed by atoms with Gasteiger partial charge in [0.05, 0.1) is 0 Å². The van der Waals surface area contributed by atoms with E-state index in [9.17, 15) is 5.11 Å². The summed E-state index contributed by atoms with van der Waals surface area (Å²) in [5.41, 5.74) is 0. The standard InChI is InChI=1S/C8H17O2.C3H8O.Ti/c1-3-5-8(10)7(4-2)6-9;1-3(2)4;/h6-10H,3-5H2,1-2H3;3-4H,1-2H3;/q-1;;. The van der Waals surface area contributed by atoms with E-state index in [1.54, 1.807) is 13.8 Å². The minimum atomic E-state index is -0.361. The van der Waals surface area contributed by atoms with Crippen LogP contribution in [0.3, 0.4) is 0 Å². The number of aliphatic hydroxyl groups is 3. The van der Waals surface area contributed by atoms with Crippen molar-refractivity contribution < 1.29 is 37.0 Å². The monoisotopic (exact) mass is 253 g/mol. The Labute approximate surface area is 109 Å². The summed E-state index contributed by atoms with van der Waals surface area (Å²) in [4.78, 5) is 0. The zero-order valence-corrected chi connectivity index (χ0v) is 11.8. The van der Waals surface area contributed by atoms with Crippen molar-refractivity contribution in [2.45, 2.75) is 59.2 Å². The van der Waals surface area contributed by atoms with Crippen LogP contribution >= 0.6 is 0 Å². The van der Waals surface area contributed by atoms with E-state index < -0.39 is 0 Å².